The lowest BCUT2D eigenvalue weighted by atomic mass is 10.1. The van der Waals surface area contributed by atoms with Crippen LogP contribution in [-0.4, -0.2) is 10.9 Å². The van der Waals surface area contributed by atoms with Crippen molar-refractivity contribution in [2.24, 2.45) is 5.73 Å². The Balaban J connectivity index is 2.25. The number of halogens is 2. The third kappa shape index (κ3) is 3.24. The lowest BCUT2D eigenvalue weighted by Gasteiger charge is -2.17. The number of nitrogens with one attached hydrogen (secondary N) is 1. The van der Waals surface area contributed by atoms with Crippen LogP contribution in [0.4, 0.5) is 10.1 Å². The first-order valence-corrected chi connectivity index (χ1v) is 6.31. The number of carbonyl (C=O) groups excluding carboxylic acids is 1. The molecular formula is C14H13ClFN3O. The average Bonchev–Trinajstić information content (AvgIpc) is 2.41. The van der Waals surface area contributed by atoms with Gasteiger partial charge in [0.25, 0.3) is 0 Å². The number of aromatic nitrogens is 1. The monoisotopic (exact) mass is 293 g/mol. The van der Waals surface area contributed by atoms with Crippen molar-refractivity contribution >= 4 is 23.2 Å². The Kier molecular flexibility index (Phi) is 4.20. The van der Waals surface area contributed by atoms with Crippen LogP contribution in [0.15, 0.2) is 36.7 Å². The van der Waals surface area contributed by atoms with Crippen molar-refractivity contribution < 1.29 is 9.18 Å². The SMILES string of the molecule is CC(Nc1cc(C(N)=O)ccc1Cl)c1cncc(F)c1. The van der Waals surface area contributed by atoms with Gasteiger partial charge in [0, 0.05) is 11.8 Å². The third-order valence-corrected chi connectivity index (χ3v) is 3.18. The molecule has 0 saturated heterocycles. The molecule has 1 atom stereocenters. The summed E-state index contributed by atoms with van der Waals surface area (Å²) >= 11 is 6.06. The van der Waals surface area contributed by atoms with E-state index in [1.165, 1.54) is 6.07 Å². The smallest absolute Gasteiger partial charge is 0.248 e. The summed E-state index contributed by atoms with van der Waals surface area (Å²) in [6, 6.07) is 5.86. The van der Waals surface area contributed by atoms with E-state index in [0.29, 0.717) is 21.8 Å². The van der Waals surface area contributed by atoms with E-state index in [-0.39, 0.29) is 6.04 Å². The molecule has 1 unspecified atom stereocenters. The van der Waals surface area contributed by atoms with Gasteiger partial charge in [-0.05, 0) is 36.8 Å². The predicted molar refractivity (Wildman–Crippen MR) is 76.2 cm³/mol. The summed E-state index contributed by atoms with van der Waals surface area (Å²) in [6.45, 7) is 1.84. The van der Waals surface area contributed by atoms with Crippen LogP contribution < -0.4 is 11.1 Å². The summed E-state index contributed by atoms with van der Waals surface area (Å²) in [6.07, 6.45) is 2.70. The number of hydrogen-bond acceptors (Lipinski definition) is 3. The van der Waals surface area contributed by atoms with E-state index in [0.717, 1.165) is 6.20 Å². The van der Waals surface area contributed by atoms with Crippen LogP contribution >= 0.6 is 11.6 Å². The number of carbonyl (C=O) groups is 1. The van der Waals surface area contributed by atoms with Gasteiger partial charge in [0.15, 0.2) is 0 Å². The molecule has 6 heteroatoms. The van der Waals surface area contributed by atoms with E-state index in [4.69, 9.17) is 17.3 Å². The molecule has 0 fully saturated rings. The van der Waals surface area contributed by atoms with Gasteiger partial charge in [-0.1, -0.05) is 11.6 Å². The molecule has 1 amide bonds. The van der Waals surface area contributed by atoms with Crippen molar-refractivity contribution in [2.45, 2.75) is 13.0 Å². The fraction of sp³-hybridized carbons (Fsp3) is 0.143. The highest BCUT2D eigenvalue weighted by molar-refractivity contribution is 6.33. The summed E-state index contributed by atoms with van der Waals surface area (Å²) in [7, 11) is 0. The zero-order chi connectivity index (χ0) is 14.7. The molecule has 2 aromatic rings. The van der Waals surface area contributed by atoms with Gasteiger partial charge < -0.3 is 11.1 Å². The van der Waals surface area contributed by atoms with Crippen LogP contribution in [0, 0.1) is 5.82 Å². The van der Waals surface area contributed by atoms with E-state index in [9.17, 15) is 9.18 Å². The van der Waals surface area contributed by atoms with E-state index >= 15 is 0 Å². The third-order valence-electron chi connectivity index (χ3n) is 2.85. The second-order valence-electron chi connectivity index (χ2n) is 4.36. The quantitative estimate of drug-likeness (QED) is 0.910. The summed E-state index contributed by atoms with van der Waals surface area (Å²) in [5.41, 5.74) is 6.80. The highest BCUT2D eigenvalue weighted by Gasteiger charge is 2.11. The standard InChI is InChI=1S/C14H13ClFN3O/c1-8(10-4-11(16)7-18-6-10)19-13-5-9(14(17)20)2-3-12(13)15/h2-8,19H,1H3,(H2,17,20). The van der Waals surface area contributed by atoms with Crippen molar-refractivity contribution in [1.82, 2.24) is 4.98 Å². The Morgan fingerprint density at radius 2 is 2.15 bits per heavy atom. The number of anilines is 1. The topological polar surface area (TPSA) is 68.0 Å². The number of pyridine rings is 1. The van der Waals surface area contributed by atoms with Crippen molar-refractivity contribution in [3.8, 4) is 0 Å². The molecule has 0 radical (unpaired) electrons. The molecule has 3 N–H and O–H groups in total. The van der Waals surface area contributed by atoms with Gasteiger partial charge >= 0.3 is 0 Å². The minimum Gasteiger partial charge on any atom is -0.377 e. The lowest BCUT2D eigenvalue weighted by molar-refractivity contribution is 0.100. The summed E-state index contributed by atoms with van der Waals surface area (Å²) in [4.78, 5) is 14.9. The zero-order valence-electron chi connectivity index (χ0n) is 10.7. The van der Waals surface area contributed by atoms with Crippen LogP contribution in [0.25, 0.3) is 0 Å². The largest absolute Gasteiger partial charge is 0.377 e. The van der Waals surface area contributed by atoms with Crippen LogP contribution in [0.1, 0.15) is 28.9 Å². The Morgan fingerprint density at radius 1 is 1.40 bits per heavy atom. The fourth-order valence-electron chi connectivity index (χ4n) is 1.77. The number of amides is 1. The molecule has 2 rings (SSSR count). The second kappa shape index (κ2) is 5.88. The van der Waals surface area contributed by atoms with E-state index in [1.807, 2.05) is 6.92 Å². The molecule has 0 saturated carbocycles. The first-order chi connectivity index (χ1) is 9.47. The fourth-order valence-corrected chi connectivity index (χ4v) is 1.94. The van der Waals surface area contributed by atoms with Gasteiger partial charge in [-0.15, -0.1) is 0 Å². The van der Waals surface area contributed by atoms with Crippen molar-refractivity contribution in [3.05, 3.63) is 58.6 Å². The Hall–Kier alpha value is -2.14. The van der Waals surface area contributed by atoms with E-state index < -0.39 is 11.7 Å². The molecule has 0 spiro atoms. The highest BCUT2D eigenvalue weighted by atomic mass is 35.5. The molecule has 0 aliphatic carbocycles. The van der Waals surface area contributed by atoms with Crippen LogP contribution in [0.5, 0.6) is 0 Å². The normalized spacial score (nSPS) is 11.9. The number of nitrogens with zero attached hydrogens (tertiary/aromatic N) is 1. The minimum atomic E-state index is -0.537. The average molecular weight is 294 g/mol. The maximum Gasteiger partial charge on any atom is 0.248 e. The van der Waals surface area contributed by atoms with Gasteiger partial charge in [0.2, 0.25) is 5.91 Å². The molecule has 1 heterocycles. The van der Waals surface area contributed by atoms with Gasteiger partial charge in [-0.3, -0.25) is 9.78 Å². The van der Waals surface area contributed by atoms with Gasteiger partial charge in [0.1, 0.15) is 5.82 Å². The molecule has 20 heavy (non-hydrogen) atoms. The molecule has 1 aromatic heterocycles. The molecule has 104 valence electrons. The Bertz CT molecular complexity index is 648. The maximum atomic E-state index is 13.1. The minimum absolute atomic E-state index is 0.223. The highest BCUT2D eigenvalue weighted by Crippen LogP contribution is 2.27. The van der Waals surface area contributed by atoms with Gasteiger partial charge in [-0.2, -0.15) is 0 Å². The molecule has 0 aliphatic heterocycles. The first-order valence-electron chi connectivity index (χ1n) is 5.93. The van der Waals surface area contributed by atoms with Gasteiger partial charge in [-0.25, -0.2) is 4.39 Å². The van der Waals surface area contributed by atoms with Crippen molar-refractivity contribution in [3.63, 3.8) is 0 Å². The maximum absolute atomic E-state index is 13.1. The summed E-state index contributed by atoms with van der Waals surface area (Å²) < 4.78 is 13.1. The summed E-state index contributed by atoms with van der Waals surface area (Å²) in [5, 5.41) is 3.55. The van der Waals surface area contributed by atoms with Crippen molar-refractivity contribution in [1.29, 1.82) is 0 Å². The number of rotatable bonds is 4. The molecule has 1 aromatic carbocycles. The zero-order valence-corrected chi connectivity index (χ0v) is 11.5. The van der Waals surface area contributed by atoms with Crippen LogP contribution in [0.3, 0.4) is 0 Å². The lowest BCUT2D eigenvalue weighted by Crippen LogP contribution is -2.12. The van der Waals surface area contributed by atoms with Gasteiger partial charge in [0.05, 0.1) is 22.9 Å². The number of nitrogens with two attached hydrogens (primary N) is 1. The number of primary amides is 1. The Labute approximate surface area is 120 Å². The number of benzene rings is 1. The Morgan fingerprint density at radius 3 is 2.80 bits per heavy atom. The van der Waals surface area contributed by atoms with E-state index in [2.05, 4.69) is 10.3 Å². The van der Waals surface area contributed by atoms with Crippen LogP contribution in [0.2, 0.25) is 5.02 Å². The van der Waals surface area contributed by atoms with E-state index in [1.54, 1.807) is 24.4 Å². The molecular weight excluding hydrogens is 281 g/mol. The molecule has 0 bridgehead atoms. The second-order valence-corrected chi connectivity index (χ2v) is 4.77. The molecule has 4 nitrogen and oxygen atoms in total. The van der Waals surface area contributed by atoms with Crippen LogP contribution in [-0.2, 0) is 0 Å². The predicted octanol–water partition coefficient (Wildman–Crippen LogP) is 3.15. The number of hydrogen-bond donors (Lipinski definition) is 2. The summed E-state index contributed by atoms with van der Waals surface area (Å²) in [5.74, 6) is -0.946. The molecule has 0 aliphatic rings. The van der Waals surface area contributed by atoms with Crippen molar-refractivity contribution in [2.75, 3.05) is 5.32 Å². The first kappa shape index (κ1) is 14.3.